The lowest BCUT2D eigenvalue weighted by Gasteiger charge is -2.14. The first-order valence-electron chi connectivity index (χ1n) is 8.83. The predicted molar refractivity (Wildman–Crippen MR) is 119 cm³/mol. The second kappa shape index (κ2) is 14.7. The predicted octanol–water partition coefficient (Wildman–Crippen LogP) is 3.97. The second-order valence-corrected chi connectivity index (χ2v) is 6.61. The lowest BCUT2D eigenvalue weighted by Crippen LogP contribution is -2.31. The van der Waals surface area contributed by atoms with Crippen LogP contribution in [-0.4, -0.2) is 38.0 Å². The first kappa shape index (κ1) is 27.7. The standard InChI is InChI=1S/C20H26ClFN2O3.2ClH/c1-14(25)11-23-8-9-24-12-15-6-7-19(20(10-15)26-2)27-13-16-17(21)4-3-5-18(16)22;;/h3-7,10,14,23-25H,8-9,11-13H2,1-2H3;2*1H. The summed E-state index contributed by atoms with van der Waals surface area (Å²) in [4.78, 5) is 0. The molecule has 9 heteroatoms. The number of rotatable bonds is 11. The summed E-state index contributed by atoms with van der Waals surface area (Å²) >= 11 is 6.03. The first-order valence-corrected chi connectivity index (χ1v) is 9.21. The molecule has 29 heavy (non-hydrogen) atoms. The molecule has 2 aromatic carbocycles. The zero-order valence-electron chi connectivity index (χ0n) is 16.4. The molecule has 3 N–H and O–H groups in total. The number of nitrogens with one attached hydrogen (secondary N) is 2. The molecule has 2 aromatic rings. The Morgan fingerprint density at radius 1 is 1.10 bits per heavy atom. The number of benzene rings is 2. The van der Waals surface area contributed by atoms with Crippen LogP contribution in [0, 0.1) is 5.82 Å². The molecule has 0 aliphatic rings. The van der Waals surface area contributed by atoms with Crippen LogP contribution < -0.4 is 20.1 Å². The summed E-state index contributed by atoms with van der Waals surface area (Å²) in [5.74, 6) is 0.708. The monoisotopic (exact) mass is 468 g/mol. The van der Waals surface area contributed by atoms with E-state index in [4.69, 9.17) is 21.1 Å². The van der Waals surface area contributed by atoms with Gasteiger partial charge in [0.05, 0.1) is 18.2 Å². The third-order valence-electron chi connectivity index (χ3n) is 3.91. The van der Waals surface area contributed by atoms with Gasteiger partial charge in [0.2, 0.25) is 0 Å². The zero-order valence-corrected chi connectivity index (χ0v) is 18.8. The molecule has 0 aromatic heterocycles. The van der Waals surface area contributed by atoms with Gasteiger partial charge in [-0.2, -0.15) is 0 Å². The summed E-state index contributed by atoms with van der Waals surface area (Å²) in [6, 6.07) is 10.2. The van der Waals surface area contributed by atoms with Crippen LogP contribution in [0.25, 0.3) is 0 Å². The Kier molecular flexibility index (Phi) is 14.0. The molecular weight excluding hydrogens is 442 g/mol. The van der Waals surface area contributed by atoms with E-state index in [9.17, 15) is 9.50 Å². The van der Waals surface area contributed by atoms with Gasteiger partial charge in [0.1, 0.15) is 12.4 Å². The Morgan fingerprint density at radius 3 is 2.48 bits per heavy atom. The van der Waals surface area contributed by atoms with E-state index in [0.717, 1.165) is 18.7 Å². The van der Waals surface area contributed by atoms with Crippen LogP contribution in [0.5, 0.6) is 11.5 Å². The number of halogens is 4. The van der Waals surface area contributed by atoms with E-state index >= 15 is 0 Å². The molecule has 0 aliphatic heterocycles. The van der Waals surface area contributed by atoms with Crippen molar-refractivity contribution in [2.24, 2.45) is 0 Å². The third kappa shape index (κ3) is 9.38. The van der Waals surface area contributed by atoms with E-state index in [2.05, 4.69) is 10.6 Å². The number of ether oxygens (including phenoxy) is 2. The maximum atomic E-state index is 13.8. The highest BCUT2D eigenvalue weighted by Crippen LogP contribution is 2.30. The topological polar surface area (TPSA) is 62.8 Å². The molecule has 1 unspecified atom stereocenters. The number of methoxy groups -OCH3 is 1. The summed E-state index contributed by atoms with van der Waals surface area (Å²) in [6.07, 6.45) is -0.346. The molecule has 2 rings (SSSR count). The maximum Gasteiger partial charge on any atom is 0.161 e. The molecule has 0 aliphatic carbocycles. The van der Waals surface area contributed by atoms with Gasteiger partial charge in [0, 0.05) is 31.7 Å². The molecule has 0 saturated carbocycles. The van der Waals surface area contributed by atoms with Crippen molar-refractivity contribution in [3.8, 4) is 11.5 Å². The molecule has 0 radical (unpaired) electrons. The van der Waals surface area contributed by atoms with E-state index in [1.54, 1.807) is 32.2 Å². The quantitative estimate of drug-likeness (QED) is 0.435. The molecular formula is C20H28Cl3FN2O3. The first-order chi connectivity index (χ1) is 13.0. The Hall–Kier alpha value is -1.28. The number of aliphatic hydroxyl groups is 1. The third-order valence-corrected chi connectivity index (χ3v) is 4.26. The Bertz CT molecular complexity index is 716. The Morgan fingerprint density at radius 2 is 1.83 bits per heavy atom. The molecule has 0 saturated heterocycles. The highest BCUT2D eigenvalue weighted by atomic mass is 35.5. The minimum Gasteiger partial charge on any atom is -0.493 e. The fourth-order valence-electron chi connectivity index (χ4n) is 2.48. The van der Waals surface area contributed by atoms with Gasteiger partial charge in [0.15, 0.2) is 11.5 Å². The van der Waals surface area contributed by atoms with E-state index in [-0.39, 0.29) is 37.5 Å². The minimum atomic E-state index is -0.397. The van der Waals surface area contributed by atoms with E-state index in [1.807, 2.05) is 12.1 Å². The summed E-state index contributed by atoms with van der Waals surface area (Å²) in [7, 11) is 1.56. The fourth-order valence-corrected chi connectivity index (χ4v) is 2.70. The van der Waals surface area contributed by atoms with Crippen LogP contribution >= 0.6 is 36.4 Å². The molecule has 1 atom stereocenters. The van der Waals surface area contributed by atoms with Gasteiger partial charge in [-0.25, -0.2) is 4.39 Å². The van der Waals surface area contributed by atoms with Gasteiger partial charge in [0.25, 0.3) is 0 Å². The van der Waals surface area contributed by atoms with Crippen LogP contribution in [0.4, 0.5) is 4.39 Å². The van der Waals surface area contributed by atoms with Crippen molar-refractivity contribution in [3.05, 3.63) is 58.4 Å². The van der Waals surface area contributed by atoms with Crippen molar-refractivity contribution in [2.45, 2.75) is 26.2 Å². The summed E-state index contributed by atoms with van der Waals surface area (Å²) in [6.45, 7) is 4.57. The van der Waals surface area contributed by atoms with Crippen LogP contribution in [0.3, 0.4) is 0 Å². The fraction of sp³-hybridized carbons (Fsp3) is 0.400. The molecule has 0 fully saturated rings. The number of hydrogen-bond donors (Lipinski definition) is 3. The van der Waals surface area contributed by atoms with Crippen molar-refractivity contribution >= 4 is 36.4 Å². The van der Waals surface area contributed by atoms with E-state index in [1.165, 1.54) is 6.07 Å². The minimum absolute atomic E-state index is 0. The lowest BCUT2D eigenvalue weighted by atomic mass is 10.2. The average molecular weight is 470 g/mol. The van der Waals surface area contributed by atoms with Crippen molar-refractivity contribution in [3.63, 3.8) is 0 Å². The van der Waals surface area contributed by atoms with Gasteiger partial charge >= 0.3 is 0 Å². The van der Waals surface area contributed by atoms with Crippen molar-refractivity contribution in [1.82, 2.24) is 10.6 Å². The number of aliphatic hydroxyl groups excluding tert-OH is 1. The van der Waals surface area contributed by atoms with Crippen molar-refractivity contribution < 1.29 is 19.0 Å². The normalized spacial score (nSPS) is 11.2. The molecule has 0 amide bonds. The summed E-state index contributed by atoms with van der Waals surface area (Å²) in [5.41, 5.74) is 1.36. The van der Waals surface area contributed by atoms with Gasteiger partial charge in [-0.05, 0) is 36.8 Å². The van der Waals surface area contributed by atoms with Gasteiger partial charge < -0.3 is 25.2 Å². The van der Waals surface area contributed by atoms with Crippen molar-refractivity contribution in [2.75, 3.05) is 26.7 Å². The molecule has 164 valence electrons. The van der Waals surface area contributed by atoms with Crippen LogP contribution in [0.2, 0.25) is 5.02 Å². The summed E-state index contributed by atoms with van der Waals surface area (Å²) in [5, 5.41) is 16.0. The Balaban J connectivity index is 0.00000392. The molecule has 0 heterocycles. The van der Waals surface area contributed by atoms with Gasteiger partial charge in [-0.3, -0.25) is 0 Å². The summed E-state index contributed by atoms with van der Waals surface area (Å²) < 4.78 is 24.9. The Labute approximate surface area is 188 Å². The lowest BCUT2D eigenvalue weighted by molar-refractivity contribution is 0.191. The SMILES string of the molecule is COc1cc(CNCCNCC(C)O)ccc1OCc1c(F)cccc1Cl.Cl.Cl. The average Bonchev–Trinajstić information content (AvgIpc) is 2.64. The van der Waals surface area contributed by atoms with Crippen molar-refractivity contribution in [1.29, 1.82) is 0 Å². The maximum absolute atomic E-state index is 13.8. The molecule has 0 spiro atoms. The number of hydrogen-bond acceptors (Lipinski definition) is 5. The van der Waals surface area contributed by atoms with E-state index < -0.39 is 5.82 Å². The highest BCUT2D eigenvalue weighted by Gasteiger charge is 2.11. The largest absolute Gasteiger partial charge is 0.493 e. The molecule has 5 nitrogen and oxygen atoms in total. The smallest absolute Gasteiger partial charge is 0.161 e. The van der Waals surface area contributed by atoms with Crippen LogP contribution in [-0.2, 0) is 13.2 Å². The van der Waals surface area contributed by atoms with Crippen LogP contribution in [0.15, 0.2) is 36.4 Å². The molecule has 0 bridgehead atoms. The highest BCUT2D eigenvalue weighted by molar-refractivity contribution is 6.31. The van der Waals surface area contributed by atoms with Gasteiger partial charge in [-0.15, -0.1) is 24.8 Å². The zero-order chi connectivity index (χ0) is 19.6. The second-order valence-electron chi connectivity index (χ2n) is 6.20. The van der Waals surface area contributed by atoms with E-state index in [0.29, 0.717) is 35.2 Å². The van der Waals surface area contributed by atoms with Gasteiger partial charge in [-0.1, -0.05) is 23.7 Å². The van der Waals surface area contributed by atoms with Crippen LogP contribution in [0.1, 0.15) is 18.1 Å².